The number of hydrogen-bond donors (Lipinski definition) is 1. The molecule has 0 aliphatic heterocycles. The monoisotopic (exact) mass is 231 g/mol. The van der Waals surface area contributed by atoms with Gasteiger partial charge in [0.15, 0.2) is 0 Å². The normalized spacial score (nSPS) is 28.7. The minimum Gasteiger partial charge on any atom is -0.349 e. The molecule has 0 spiro atoms. The highest BCUT2D eigenvalue weighted by Crippen LogP contribution is 2.28. The van der Waals surface area contributed by atoms with Crippen molar-refractivity contribution in [3.63, 3.8) is 0 Å². The average molecular weight is 231 g/mol. The predicted molar refractivity (Wildman–Crippen MR) is 69.9 cm³/mol. The van der Waals surface area contributed by atoms with Crippen LogP contribution in [0.1, 0.15) is 43.5 Å². The summed E-state index contributed by atoms with van der Waals surface area (Å²) in [5.74, 6) is 1.39. The lowest BCUT2D eigenvalue weighted by molar-refractivity contribution is 0.0898. The van der Waals surface area contributed by atoms with Crippen LogP contribution in [0.3, 0.4) is 0 Å². The molecule has 1 fully saturated rings. The molecule has 2 nitrogen and oxygen atoms in total. The third kappa shape index (κ3) is 3.09. The second-order valence-electron chi connectivity index (χ2n) is 5.34. The van der Waals surface area contributed by atoms with E-state index in [1.165, 1.54) is 12.8 Å². The zero-order valence-electron chi connectivity index (χ0n) is 10.6. The molecule has 3 unspecified atom stereocenters. The van der Waals surface area contributed by atoms with Crippen LogP contribution in [0, 0.1) is 11.8 Å². The molecular formula is C15H21NO. The first kappa shape index (κ1) is 12.2. The first-order chi connectivity index (χ1) is 8.16. The molecule has 1 amide bonds. The fraction of sp³-hybridized carbons (Fsp3) is 0.533. The zero-order valence-corrected chi connectivity index (χ0v) is 10.6. The van der Waals surface area contributed by atoms with Gasteiger partial charge in [-0.15, -0.1) is 0 Å². The van der Waals surface area contributed by atoms with Crippen molar-refractivity contribution in [3.8, 4) is 0 Å². The van der Waals surface area contributed by atoms with Gasteiger partial charge >= 0.3 is 0 Å². The highest BCUT2D eigenvalue weighted by atomic mass is 16.1. The topological polar surface area (TPSA) is 29.1 Å². The van der Waals surface area contributed by atoms with Crippen LogP contribution in [0.4, 0.5) is 0 Å². The van der Waals surface area contributed by atoms with E-state index in [9.17, 15) is 4.79 Å². The van der Waals surface area contributed by atoms with Crippen LogP contribution in [0.15, 0.2) is 30.3 Å². The van der Waals surface area contributed by atoms with Crippen molar-refractivity contribution in [1.82, 2.24) is 5.32 Å². The van der Waals surface area contributed by atoms with Crippen molar-refractivity contribution in [2.75, 3.05) is 0 Å². The Bertz CT molecular complexity index is 374. The lowest BCUT2D eigenvalue weighted by atomic mass is 9.80. The molecule has 1 aromatic rings. The van der Waals surface area contributed by atoms with E-state index in [4.69, 9.17) is 0 Å². The summed E-state index contributed by atoms with van der Waals surface area (Å²) in [5.41, 5.74) is 0.762. The smallest absolute Gasteiger partial charge is 0.251 e. The molecule has 1 aliphatic rings. The molecule has 17 heavy (non-hydrogen) atoms. The Hall–Kier alpha value is -1.31. The summed E-state index contributed by atoms with van der Waals surface area (Å²) in [5, 5.41) is 3.18. The summed E-state index contributed by atoms with van der Waals surface area (Å²) in [6.45, 7) is 4.51. The van der Waals surface area contributed by atoms with E-state index in [1.54, 1.807) is 0 Å². The number of carbonyl (C=O) groups is 1. The van der Waals surface area contributed by atoms with E-state index in [0.29, 0.717) is 12.0 Å². The molecule has 0 bridgehead atoms. The molecule has 0 saturated heterocycles. The van der Waals surface area contributed by atoms with Gasteiger partial charge in [-0.2, -0.15) is 0 Å². The molecule has 2 heteroatoms. The van der Waals surface area contributed by atoms with Gasteiger partial charge in [0.25, 0.3) is 5.91 Å². The molecule has 0 heterocycles. The second-order valence-corrected chi connectivity index (χ2v) is 5.34. The quantitative estimate of drug-likeness (QED) is 0.831. The van der Waals surface area contributed by atoms with E-state index >= 15 is 0 Å². The molecule has 1 N–H and O–H groups in total. The summed E-state index contributed by atoms with van der Waals surface area (Å²) >= 11 is 0. The molecule has 1 saturated carbocycles. The summed E-state index contributed by atoms with van der Waals surface area (Å²) in [4.78, 5) is 12.1. The Morgan fingerprint density at radius 1 is 1.18 bits per heavy atom. The Balaban J connectivity index is 1.98. The molecule has 1 aromatic carbocycles. The number of hydrogen-bond acceptors (Lipinski definition) is 1. The number of benzene rings is 1. The molecule has 2 rings (SSSR count). The standard InChI is InChI=1S/C15H21NO/c1-11-8-9-12(2)14(10-11)16-15(17)13-6-4-3-5-7-13/h3-7,11-12,14H,8-10H2,1-2H3,(H,16,17). The molecule has 92 valence electrons. The van der Waals surface area contributed by atoms with Crippen LogP contribution in [-0.4, -0.2) is 11.9 Å². The van der Waals surface area contributed by atoms with E-state index < -0.39 is 0 Å². The summed E-state index contributed by atoms with van der Waals surface area (Å²) in [7, 11) is 0. The summed E-state index contributed by atoms with van der Waals surface area (Å²) < 4.78 is 0. The van der Waals surface area contributed by atoms with Crippen LogP contribution in [0.5, 0.6) is 0 Å². The molecular weight excluding hydrogens is 210 g/mol. The third-order valence-electron chi connectivity index (χ3n) is 3.81. The van der Waals surface area contributed by atoms with Crippen molar-refractivity contribution in [2.45, 2.75) is 39.2 Å². The molecule has 1 aliphatic carbocycles. The molecule has 0 radical (unpaired) electrons. The van der Waals surface area contributed by atoms with Crippen molar-refractivity contribution in [3.05, 3.63) is 35.9 Å². The maximum Gasteiger partial charge on any atom is 0.251 e. The molecule has 3 atom stereocenters. The highest BCUT2D eigenvalue weighted by molar-refractivity contribution is 5.94. The first-order valence-corrected chi connectivity index (χ1v) is 6.52. The minimum absolute atomic E-state index is 0.0663. The number of amides is 1. The van der Waals surface area contributed by atoms with Crippen LogP contribution < -0.4 is 5.32 Å². The van der Waals surface area contributed by atoms with Crippen molar-refractivity contribution in [1.29, 1.82) is 0 Å². The number of carbonyl (C=O) groups excluding carboxylic acids is 1. The summed E-state index contributed by atoms with van der Waals surface area (Å²) in [6.07, 6.45) is 3.62. The fourth-order valence-corrected chi connectivity index (χ4v) is 2.57. The predicted octanol–water partition coefficient (Wildman–Crippen LogP) is 3.24. The van der Waals surface area contributed by atoms with E-state index in [2.05, 4.69) is 19.2 Å². The Kier molecular flexibility index (Phi) is 3.82. The Labute approximate surface area is 103 Å². The maximum atomic E-state index is 12.1. The van der Waals surface area contributed by atoms with Gasteiger partial charge in [-0.1, -0.05) is 38.5 Å². The van der Waals surface area contributed by atoms with Gasteiger partial charge in [0.2, 0.25) is 0 Å². The maximum absolute atomic E-state index is 12.1. The van der Waals surface area contributed by atoms with E-state index in [1.807, 2.05) is 30.3 Å². The lowest BCUT2D eigenvalue weighted by Gasteiger charge is -2.33. The average Bonchev–Trinajstić information content (AvgIpc) is 2.35. The van der Waals surface area contributed by atoms with Crippen molar-refractivity contribution < 1.29 is 4.79 Å². The first-order valence-electron chi connectivity index (χ1n) is 6.52. The summed E-state index contributed by atoms with van der Waals surface area (Å²) in [6, 6.07) is 9.82. The van der Waals surface area contributed by atoms with Crippen LogP contribution in [0.2, 0.25) is 0 Å². The lowest BCUT2D eigenvalue weighted by Crippen LogP contribution is -2.42. The number of rotatable bonds is 2. The minimum atomic E-state index is 0.0663. The van der Waals surface area contributed by atoms with Crippen molar-refractivity contribution >= 4 is 5.91 Å². The number of nitrogens with one attached hydrogen (secondary N) is 1. The zero-order chi connectivity index (χ0) is 12.3. The SMILES string of the molecule is CC1CCC(C)C(NC(=O)c2ccccc2)C1. The van der Waals surface area contributed by atoms with Gasteiger partial charge in [0.1, 0.15) is 0 Å². The van der Waals surface area contributed by atoms with Crippen LogP contribution in [-0.2, 0) is 0 Å². The van der Waals surface area contributed by atoms with Gasteiger partial charge in [0.05, 0.1) is 0 Å². The van der Waals surface area contributed by atoms with Crippen molar-refractivity contribution in [2.24, 2.45) is 11.8 Å². The van der Waals surface area contributed by atoms with Gasteiger partial charge < -0.3 is 5.32 Å². The third-order valence-corrected chi connectivity index (χ3v) is 3.81. The largest absolute Gasteiger partial charge is 0.349 e. The van der Waals surface area contributed by atoms with Crippen LogP contribution >= 0.6 is 0 Å². The second kappa shape index (κ2) is 5.35. The Morgan fingerprint density at radius 2 is 1.88 bits per heavy atom. The van der Waals surface area contributed by atoms with Crippen LogP contribution in [0.25, 0.3) is 0 Å². The van der Waals surface area contributed by atoms with Gasteiger partial charge in [-0.05, 0) is 36.8 Å². The van der Waals surface area contributed by atoms with Gasteiger partial charge in [0, 0.05) is 11.6 Å². The van der Waals surface area contributed by atoms with Gasteiger partial charge in [-0.3, -0.25) is 4.79 Å². The molecule has 0 aromatic heterocycles. The van der Waals surface area contributed by atoms with E-state index in [-0.39, 0.29) is 5.91 Å². The Morgan fingerprint density at radius 3 is 2.59 bits per heavy atom. The van der Waals surface area contributed by atoms with Gasteiger partial charge in [-0.25, -0.2) is 0 Å². The highest BCUT2D eigenvalue weighted by Gasteiger charge is 2.26. The fourth-order valence-electron chi connectivity index (χ4n) is 2.57. The van der Waals surface area contributed by atoms with E-state index in [0.717, 1.165) is 17.9 Å².